The van der Waals surface area contributed by atoms with Crippen molar-refractivity contribution in [2.24, 2.45) is 5.92 Å². The van der Waals surface area contributed by atoms with Crippen LogP contribution in [-0.2, 0) is 12.8 Å². The van der Waals surface area contributed by atoms with Gasteiger partial charge in [-0.05, 0) is 58.0 Å². The number of hydrogen-bond donors (Lipinski definition) is 2. The molecule has 0 bridgehead atoms. The van der Waals surface area contributed by atoms with Crippen LogP contribution >= 0.6 is 0 Å². The molecule has 2 N–H and O–H groups in total. The second-order valence-electron chi connectivity index (χ2n) is 8.17. The highest BCUT2D eigenvalue weighted by Crippen LogP contribution is 2.29. The minimum atomic E-state index is 0.343. The molecule has 4 rings (SSSR count). The first-order valence-corrected chi connectivity index (χ1v) is 10.4. The summed E-state index contributed by atoms with van der Waals surface area (Å²) in [6.07, 6.45) is 6.87. The van der Waals surface area contributed by atoms with E-state index in [0.29, 0.717) is 18.6 Å². The molecule has 0 radical (unpaired) electrons. The van der Waals surface area contributed by atoms with Gasteiger partial charge in [0, 0.05) is 50.8 Å². The average molecular weight is 360 g/mol. The van der Waals surface area contributed by atoms with Gasteiger partial charge < -0.3 is 15.3 Å². The Morgan fingerprint density at radius 3 is 2.69 bits per heavy atom. The SMILES string of the molecule is Cc1nc2c(c(N3CCC(N4CCCC(CO)C4)CC3)n1)CCNCC2. The minimum Gasteiger partial charge on any atom is -0.396 e. The first kappa shape index (κ1) is 18.1. The van der Waals surface area contributed by atoms with Crippen LogP contribution in [0.2, 0.25) is 0 Å². The molecule has 0 aliphatic carbocycles. The van der Waals surface area contributed by atoms with Gasteiger partial charge in [-0.15, -0.1) is 0 Å². The van der Waals surface area contributed by atoms with Crippen molar-refractivity contribution in [3.8, 4) is 0 Å². The Bertz CT molecular complexity index is 614. The lowest BCUT2D eigenvalue weighted by atomic mass is 9.94. The molecule has 6 nitrogen and oxygen atoms in total. The summed E-state index contributed by atoms with van der Waals surface area (Å²) >= 11 is 0. The number of aromatic nitrogens is 2. The van der Waals surface area contributed by atoms with Gasteiger partial charge in [-0.1, -0.05) is 0 Å². The Morgan fingerprint density at radius 2 is 1.88 bits per heavy atom. The number of nitrogens with one attached hydrogen (secondary N) is 1. The maximum Gasteiger partial charge on any atom is 0.135 e. The zero-order valence-electron chi connectivity index (χ0n) is 16.1. The van der Waals surface area contributed by atoms with Gasteiger partial charge in [0.25, 0.3) is 0 Å². The highest BCUT2D eigenvalue weighted by Gasteiger charge is 2.30. The van der Waals surface area contributed by atoms with Crippen LogP contribution in [0.4, 0.5) is 5.82 Å². The summed E-state index contributed by atoms with van der Waals surface area (Å²) in [5.74, 6) is 2.58. The molecule has 0 saturated carbocycles. The number of aliphatic hydroxyl groups excluding tert-OH is 1. The number of likely N-dealkylation sites (tertiary alicyclic amines) is 1. The molecule has 3 aliphatic heterocycles. The summed E-state index contributed by atoms with van der Waals surface area (Å²) in [5.41, 5.74) is 2.62. The number of rotatable bonds is 3. The van der Waals surface area contributed by atoms with Crippen LogP contribution in [0, 0.1) is 12.8 Å². The van der Waals surface area contributed by atoms with E-state index in [2.05, 4.69) is 15.1 Å². The normalized spacial score (nSPS) is 25.8. The molecule has 6 heteroatoms. The van der Waals surface area contributed by atoms with Gasteiger partial charge in [0.2, 0.25) is 0 Å². The maximum atomic E-state index is 9.51. The van der Waals surface area contributed by atoms with Crippen molar-refractivity contribution >= 4 is 5.82 Å². The van der Waals surface area contributed by atoms with Crippen molar-refractivity contribution in [3.63, 3.8) is 0 Å². The Balaban J connectivity index is 1.44. The number of hydrogen-bond acceptors (Lipinski definition) is 6. The summed E-state index contributed by atoms with van der Waals surface area (Å²) in [6.45, 7) is 8.87. The summed E-state index contributed by atoms with van der Waals surface area (Å²) in [7, 11) is 0. The van der Waals surface area contributed by atoms with Crippen molar-refractivity contribution in [2.45, 2.75) is 51.5 Å². The van der Waals surface area contributed by atoms with Gasteiger partial charge in [0.15, 0.2) is 0 Å². The van der Waals surface area contributed by atoms with E-state index >= 15 is 0 Å². The molecule has 0 amide bonds. The van der Waals surface area contributed by atoms with Crippen LogP contribution in [0.3, 0.4) is 0 Å². The summed E-state index contributed by atoms with van der Waals surface area (Å²) in [4.78, 5) is 14.7. The largest absolute Gasteiger partial charge is 0.396 e. The van der Waals surface area contributed by atoms with Gasteiger partial charge in [0.05, 0.1) is 5.69 Å². The van der Waals surface area contributed by atoms with Gasteiger partial charge in [-0.25, -0.2) is 9.97 Å². The van der Waals surface area contributed by atoms with E-state index in [1.165, 1.54) is 49.3 Å². The van der Waals surface area contributed by atoms with Crippen molar-refractivity contribution in [3.05, 3.63) is 17.1 Å². The average Bonchev–Trinajstić information content (AvgIpc) is 2.93. The van der Waals surface area contributed by atoms with Crippen molar-refractivity contribution < 1.29 is 5.11 Å². The molecule has 1 atom stereocenters. The molecule has 1 unspecified atom stereocenters. The second kappa shape index (κ2) is 8.19. The Hall–Kier alpha value is -1.24. The van der Waals surface area contributed by atoms with Crippen LogP contribution in [0.1, 0.15) is 42.8 Å². The third kappa shape index (κ3) is 3.87. The van der Waals surface area contributed by atoms with Crippen LogP contribution in [0.25, 0.3) is 0 Å². The molecule has 0 spiro atoms. The van der Waals surface area contributed by atoms with E-state index < -0.39 is 0 Å². The number of aliphatic hydroxyl groups is 1. The van der Waals surface area contributed by atoms with Gasteiger partial charge in [-0.2, -0.15) is 0 Å². The van der Waals surface area contributed by atoms with Crippen molar-refractivity contribution in [2.75, 3.05) is 50.8 Å². The predicted molar refractivity (Wildman–Crippen MR) is 104 cm³/mol. The van der Waals surface area contributed by atoms with E-state index in [1.807, 2.05) is 6.92 Å². The second-order valence-corrected chi connectivity index (χ2v) is 8.17. The number of aryl methyl sites for hydroxylation is 1. The van der Waals surface area contributed by atoms with Gasteiger partial charge >= 0.3 is 0 Å². The van der Waals surface area contributed by atoms with Gasteiger partial charge in [-0.3, -0.25) is 4.90 Å². The highest BCUT2D eigenvalue weighted by molar-refractivity contribution is 5.50. The van der Waals surface area contributed by atoms with E-state index in [0.717, 1.165) is 51.4 Å². The fourth-order valence-corrected chi connectivity index (χ4v) is 4.93. The van der Waals surface area contributed by atoms with Crippen LogP contribution in [0.5, 0.6) is 0 Å². The molecular formula is C20H33N5O. The van der Waals surface area contributed by atoms with Gasteiger partial charge in [0.1, 0.15) is 11.6 Å². The molecule has 0 aromatic carbocycles. The number of anilines is 1. The van der Waals surface area contributed by atoms with Crippen LogP contribution in [-0.4, -0.2) is 71.9 Å². The first-order chi connectivity index (χ1) is 12.7. The third-order valence-corrected chi connectivity index (χ3v) is 6.36. The quantitative estimate of drug-likeness (QED) is 0.844. The predicted octanol–water partition coefficient (Wildman–Crippen LogP) is 1.15. The lowest BCUT2D eigenvalue weighted by Gasteiger charge is -2.42. The number of nitrogens with zero attached hydrogens (tertiary/aromatic N) is 4. The molecule has 3 aliphatic rings. The molecule has 4 heterocycles. The van der Waals surface area contributed by atoms with Crippen LogP contribution < -0.4 is 10.2 Å². The summed E-state index contributed by atoms with van der Waals surface area (Å²) in [5, 5.41) is 13.0. The van der Waals surface area contributed by atoms with E-state index in [9.17, 15) is 5.11 Å². The molecule has 1 aromatic heterocycles. The molecule has 144 valence electrons. The highest BCUT2D eigenvalue weighted by atomic mass is 16.3. The fourth-order valence-electron chi connectivity index (χ4n) is 4.93. The molecular weight excluding hydrogens is 326 g/mol. The third-order valence-electron chi connectivity index (χ3n) is 6.36. The zero-order valence-corrected chi connectivity index (χ0v) is 16.1. The Labute approximate surface area is 157 Å². The van der Waals surface area contributed by atoms with E-state index in [4.69, 9.17) is 9.97 Å². The van der Waals surface area contributed by atoms with E-state index in [1.54, 1.807) is 0 Å². The summed E-state index contributed by atoms with van der Waals surface area (Å²) in [6, 6.07) is 0.670. The number of fused-ring (bicyclic) bond motifs is 1. The topological polar surface area (TPSA) is 64.5 Å². The monoisotopic (exact) mass is 359 g/mol. The minimum absolute atomic E-state index is 0.343. The molecule has 26 heavy (non-hydrogen) atoms. The van der Waals surface area contributed by atoms with E-state index in [-0.39, 0.29) is 0 Å². The molecule has 2 saturated heterocycles. The smallest absolute Gasteiger partial charge is 0.135 e. The maximum absolute atomic E-state index is 9.51. The van der Waals surface area contributed by atoms with Crippen molar-refractivity contribution in [1.29, 1.82) is 0 Å². The van der Waals surface area contributed by atoms with Crippen LogP contribution in [0.15, 0.2) is 0 Å². The summed E-state index contributed by atoms with van der Waals surface area (Å²) < 4.78 is 0. The Morgan fingerprint density at radius 1 is 1.08 bits per heavy atom. The van der Waals surface area contributed by atoms with Crippen molar-refractivity contribution in [1.82, 2.24) is 20.2 Å². The Kier molecular flexibility index (Phi) is 5.72. The fraction of sp³-hybridized carbons (Fsp3) is 0.800. The number of piperidine rings is 2. The lowest BCUT2D eigenvalue weighted by molar-refractivity contribution is 0.0777. The standard InChI is InChI=1S/C20H33N5O/c1-15-22-19-5-9-21-8-4-18(19)20(23-15)24-11-6-17(7-12-24)25-10-2-3-16(13-25)14-26/h16-17,21,26H,2-14H2,1H3. The zero-order chi connectivity index (χ0) is 17.9. The molecule has 2 fully saturated rings. The lowest BCUT2D eigenvalue weighted by Crippen LogP contribution is -2.49. The molecule has 1 aromatic rings. The first-order valence-electron chi connectivity index (χ1n) is 10.4.